The molecule has 158 valence electrons. The van der Waals surface area contributed by atoms with Crippen LogP contribution in [0.15, 0.2) is 56.9 Å². The molecule has 0 N–H and O–H groups in total. The zero-order valence-electron chi connectivity index (χ0n) is 16.9. The van der Waals surface area contributed by atoms with Crippen molar-refractivity contribution in [3.8, 4) is 0 Å². The second kappa shape index (κ2) is 10.7. The topological polar surface area (TPSA) is 70.4 Å². The molecular weight excluding hydrogens is 468 g/mol. The lowest BCUT2D eigenvalue weighted by atomic mass is 10.1. The van der Waals surface area contributed by atoms with Crippen molar-refractivity contribution in [2.45, 2.75) is 30.8 Å². The van der Waals surface area contributed by atoms with Crippen molar-refractivity contribution in [3.05, 3.63) is 68.4 Å². The summed E-state index contributed by atoms with van der Waals surface area (Å²) in [5.41, 5.74) is 2.15. The molecule has 30 heavy (non-hydrogen) atoms. The van der Waals surface area contributed by atoms with E-state index in [1.54, 1.807) is 16.7 Å². The number of ether oxygens (including phenoxy) is 2. The summed E-state index contributed by atoms with van der Waals surface area (Å²) in [6, 6.07) is 12.8. The van der Waals surface area contributed by atoms with Gasteiger partial charge < -0.3 is 9.47 Å². The maximum Gasteiger partial charge on any atom is 0.337 e. The molecule has 3 aromatic rings. The lowest BCUT2D eigenvalue weighted by Crippen LogP contribution is -2.24. The van der Waals surface area contributed by atoms with Crippen LogP contribution >= 0.6 is 27.7 Å². The number of carbonyl (C=O) groups is 1. The van der Waals surface area contributed by atoms with Gasteiger partial charge in [0, 0.05) is 30.0 Å². The summed E-state index contributed by atoms with van der Waals surface area (Å²) in [6.45, 7) is 3.74. The van der Waals surface area contributed by atoms with E-state index >= 15 is 0 Å². The van der Waals surface area contributed by atoms with Gasteiger partial charge in [0.2, 0.25) is 0 Å². The lowest BCUT2D eigenvalue weighted by molar-refractivity contribution is 0.0600. The number of thioether (sulfide) groups is 1. The first kappa shape index (κ1) is 22.5. The van der Waals surface area contributed by atoms with Gasteiger partial charge in [-0.25, -0.2) is 9.78 Å². The molecule has 0 saturated carbocycles. The Kier molecular flexibility index (Phi) is 8.07. The highest BCUT2D eigenvalue weighted by atomic mass is 79.9. The third kappa shape index (κ3) is 5.50. The molecule has 0 spiro atoms. The van der Waals surface area contributed by atoms with Gasteiger partial charge in [-0.2, -0.15) is 0 Å². The minimum Gasteiger partial charge on any atom is -0.465 e. The number of hydrogen-bond donors (Lipinski definition) is 0. The van der Waals surface area contributed by atoms with Crippen molar-refractivity contribution in [1.29, 1.82) is 0 Å². The zero-order valence-corrected chi connectivity index (χ0v) is 19.3. The molecule has 6 nitrogen and oxygen atoms in total. The van der Waals surface area contributed by atoms with Crippen molar-refractivity contribution in [2.24, 2.45) is 0 Å². The second-order valence-electron chi connectivity index (χ2n) is 6.54. The third-order valence-electron chi connectivity index (χ3n) is 4.50. The van der Waals surface area contributed by atoms with Gasteiger partial charge in [-0.3, -0.25) is 9.36 Å². The van der Waals surface area contributed by atoms with E-state index in [-0.39, 0.29) is 11.5 Å². The monoisotopic (exact) mass is 490 g/mol. The van der Waals surface area contributed by atoms with Crippen LogP contribution in [0.5, 0.6) is 0 Å². The molecular formula is C22H23BrN2O4S. The predicted octanol–water partition coefficient (Wildman–Crippen LogP) is 4.66. The van der Waals surface area contributed by atoms with Gasteiger partial charge in [0.05, 0.1) is 23.6 Å². The van der Waals surface area contributed by atoms with E-state index in [1.165, 1.54) is 18.9 Å². The molecule has 1 aromatic heterocycles. The minimum atomic E-state index is -0.361. The summed E-state index contributed by atoms with van der Waals surface area (Å²) in [5.74, 6) is 0.265. The smallest absolute Gasteiger partial charge is 0.337 e. The highest BCUT2D eigenvalue weighted by molar-refractivity contribution is 9.10. The Hall–Kier alpha value is -2.16. The van der Waals surface area contributed by atoms with Crippen LogP contribution in [-0.2, 0) is 21.8 Å². The Morgan fingerprint density at radius 3 is 2.67 bits per heavy atom. The van der Waals surface area contributed by atoms with Crippen LogP contribution in [0, 0.1) is 0 Å². The van der Waals surface area contributed by atoms with Gasteiger partial charge in [0.25, 0.3) is 5.56 Å². The van der Waals surface area contributed by atoms with Gasteiger partial charge in [-0.15, -0.1) is 0 Å². The molecule has 1 heterocycles. The quantitative estimate of drug-likeness (QED) is 0.188. The largest absolute Gasteiger partial charge is 0.465 e. The molecule has 0 aliphatic carbocycles. The predicted molar refractivity (Wildman–Crippen MR) is 122 cm³/mol. The van der Waals surface area contributed by atoms with E-state index in [9.17, 15) is 9.59 Å². The van der Waals surface area contributed by atoms with Crippen LogP contribution in [0.4, 0.5) is 0 Å². The fraction of sp³-hybridized carbons (Fsp3) is 0.318. The summed E-state index contributed by atoms with van der Waals surface area (Å²) in [4.78, 5) is 29.5. The summed E-state index contributed by atoms with van der Waals surface area (Å²) < 4.78 is 12.7. The molecule has 0 bridgehead atoms. The van der Waals surface area contributed by atoms with Crippen LogP contribution in [-0.4, -0.2) is 35.8 Å². The third-order valence-corrected chi connectivity index (χ3v) is 6.04. The summed E-state index contributed by atoms with van der Waals surface area (Å²) >= 11 is 4.93. The fourth-order valence-electron chi connectivity index (χ4n) is 2.95. The summed E-state index contributed by atoms with van der Waals surface area (Å²) in [5, 5.41) is 1.26. The maximum absolute atomic E-state index is 13.1. The number of methoxy groups -OCH3 is 1. The SMILES string of the molecule is CCOCCCn1c(SCc2ccc(C(=O)OC)cc2)nc2ccc(Br)cc2c1=O. The number of rotatable bonds is 9. The van der Waals surface area contributed by atoms with Crippen molar-refractivity contribution in [1.82, 2.24) is 9.55 Å². The first-order valence-electron chi connectivity index (χ1n) is 9.61. The van der Waals surface area contributed by atoms with Crippen LogP contribution in [0.1, 0.15) is 29.3 Å². The molecule has 0 saturated heterocycles. The number of hydrogen-bond acceptors (Lipinski definition) is 6. The Bertz CT molecular complexity index is 1080. The van der Waals surface area contributed by atoms with E-state index in [0.29, 0.717) is 47.1 Å². The summed E-state index contributed by atoms with van der Waals surface area (Å²) in [6.07, 6.45) is 0.732. The minimum absolute atomic E-state index is 0.0543. The van der Waals surface area contributed by atoms with Crippen LogP contribution in [0.3, 0.4) is 0 Å². The highest BCUT2D eigenvalue weighted by Gasteiger charge is 2.13. The number of esters is 1. The van der Waals surface area contributed by atoms with Gasteiger partial charge in [-0.1, -0.05) is 39.8 Å². The molecule has 0 radical (unpaired) electrons. The molecule has 2 aromatic carbocycles. The highest BCUT2D eigenvalue weighted by Crippen LogP contribution is 2.24. The van der Waals surface area contributed by atoms with Crippen LogP contribution in [0.25, 0.3) is 10.9 Å². The number of carbonyl (C=O) groups excluding carboxylic acids is 1. The first-order valence-corrected chi connectivity index (χ1v) is 11.4. The molecule has 0 atom stereocenters. The van der Waals surface area contributed by atoms with Gasteiger partial charge in [0.1, 0.15) is 0 Å². The standard InChI is InChI=1S/C22H23BrN2O4S/c1-3-29-12-4-11-25-20(26)18-13-17(23)9-10-19(18)24-22(25)30-14-15-5-7-16(8-6-15)21(27)28-2/h5-10,13H,3-4,11-12,14H2,1-2H3. The summed E-state index contributed by atoms with van der Waals surface area (Å²) in [7, 11) is 1.36. The van der Waals surface area contributed by atoms with Crippen molar-refractivity contribution in [2.75, 3.05) is 20.3 Å². The average molecular weight is 491 g/mol. The van der Waals surface area contributed by atoms with Crippen molar-refractivity contribution < 1.29 is 14.3 Å². The zero-order chi connectivity index (χ0) is 21.5. The number of aromatic nitrogens is 2. The first-order chi connectivity index (χ1) is 14.5. The average Bonchev–Trinajstić information content (AvgIpc) is 2.77. The Balaban J connectivity index is 1.86. The Morgan fingerprint density at radius 2 is 1.97 bits per heavy atom. The lowest BCUT2D eigenvalue weighted by Gasteiger charge is -2.13. The molecule has 8 heteroatoms. The van der Waals surface area contributed by atoms with E-state index in [1.807, 2.05) is 37.3 Å². The van der Waals surface area contributed by atoms with Crippen LogP contribution in [0.2, 0.25) is 0 Å². The van der Waals surface area contributed by atoms with E-state index in [0.717, 1.165) is 16.5 Å². The number of fused-ring (bicyclic) bond motifs is 1. The van der Waals surface area contributed by atoms with E-state index in [2.05, 4.69) is 15.9 Å². The fourth-order valence-corrected chi connectivity index (χ4v) is 4.29. The molecule has 0 aliphatic rings. The van der Waals surface area contributed by atoms with Gasteiger partial charge >= 0.3 is 5.97 Å². The van der Waals surface area contributed by atoms with Gasteiger partial charge in [0.15, 0.2) is 5.16 Å². The normalized spacial score (nSPS) is 11.0. The Morgan fingerprint density at radius 1 is 1.20 bits per heavy atom. The van der Waals surface area contributed by atoms with Crippen molar-refractivity contribution >= 4 is 44.6 Å². The molecule has 0 unspecified atom stereocenters. The van der Waals surface area contributed by atoms with Crippen molar-refractivity contribution in [3.63, 3.8) is 0 Å². The molecule has 3 rings (SSSR count). The molecule has 0 amide bonds. The van der Waals surface area contributed by atoms with Gasteiger partial charge in [-0.05, 0) is 49.2 Å². The molecule has 0 aliphatic heterocycles. The van der Waals surface area contributed by atoms with E-state index < -0.39 is 0 Å². The number of benzene rings is 2. The Labute approximate surface area is 187 Å². The number of nitrogens with zero attached hydrogens (tertiary/aromatic N) is 2. The second-order valence-corrected chi connectivity index (χ2v) is 8.40. The maximum atomic E-state index is 13.1. The van der Waals surface area contributed by atoms with E-state index in [4.69, 9.17) is 14.5 Å². The number of halogens is 1. The van der Waals surface area contributed by atoms with Crippen LogP contribution < -0.4 is 5.56 Å². The molecule has 0 fully saturated rings.